The van der Waals surface area contributed by atoms with Crippen LogP contribution in [0.1, 0.15) is 22.6 Å². The number of aromatic nitrogens is 6. The first-order chi connectivity index (χ1) is 16.9. The Bertz CT molecular complexity index is 1380. The average Bonchev–Trinajstić information content (AvgIpc) is 3.39. The van der Waals surface area contributed by atoms with Crippen LogP contribution in [0.2, 0.25) is 0 Å². The molecule has 0 unspecified atom stereocenters. The molecule has 4 aromatic rings. The number of carbonyl (C=O) groups is 1. The highest BCUT2D eigenvalue weighted by atomic mass is 16.5. The summed E-state index contributed by atoms with van der Waals surface area (Å²) in [7, 11) is 3.39. The topological polar surface area (TPSA) is 150 Å². The lowest BCUT2D eigenvalue weighted by atomic mass is 10.0. The molecule has 1 saturated heterocycles. The summed E-state index contributed by atoms with van der Waals surface area (Å²) in [5, 5.41) is 19.0. The van der Waals surface area contributed by atoms with Crippen molar-refractivity contribution in [2.24, 2.45) is 12.8 Å². The summed E-state index contributed by atoms with van der Waals surface area (Å²) in [5.74, 6) is 0.774. The van der Waals surface area contributed by atoms with Gasteiger partial charge in [0.2, 0.25) is 5.95 Å². The molecule has 0 aliphatic carbocycles. The van der Waals surface area contributed by atoms with Crippen molar-refractivity contribution in [2.45, 2.75) is 25.4 Å². The van der Waals surface area contributed by atoms with Crippen molar-refractivity contribution < 1.29 is 9.53 Å². The van der Waals surface area contributed by atoms with Crippen molar-refractivity contribution in [3.05, 3.63) is 48.0 Å². The smallest absolute Gasteiger partial charge is 0.272 e. The van der Waals surface area contributed by atoms with Crippen molar-refractivity contribution in [1.82, 2.24) is 34.8 Å². The first-order valence-electron chi connectivity index (χ1n) is 11.4. The number of nitrogens with two attached hydrogens (primary N) is 1. The number of rotatable bonds is 6. The number of nitrogens with zero attached hydrogens (tertiary/aromatic N) is 6. The van der Waals surface area contributed by atoms with E-state index in [-0.39, 0.29) is 18.0 Å². The standard InChI is InChI=1S/C23H28N10O2/c1-13-18(28-17-7-9-35-12-16(17)24)11-33(30-13)20-6-8-26-23(29-20)27-14-4-5-19-15(10-14)21(22(34)25-2)31-32(19)3/h4-6,8,10-11,16-17,28H,7,9,12,24H2,1-3H3,(H,25,34)(H,26,27,29)/t16-,17+/m0/s1. The number of hydrogen-bond donors (Lipinski definition) is 4. The molecule has 1 aliphatic rings. The van der Waals surface area contributed by atoms with Gasteiger partial charge in [-0.15, -0.1) is 0 Å². The summed E-state index contributed by atoms with van der Waals surface area (Å²) in [6.45, 7) is 3.17. The van der Waals surface area contributed by atoms with Gasteiger partial charge >= 0.3 is 0 Å². The molecule has 1 fully saturated rings. The van der Waals surface area contributed by atoms with Crippen LogP contribution < -0.4 is 21.7 Å². The van der Waals surface area contributed by atoms with E-state index in [0.29, 0.717) is 30.7 Å². The maximum atomic E-state index is 12.2. The molecular formula is C23H28N10O2. The van der Waals surface area contributed by atoms with Crippen LogP contribution in [0.25, 0.3) is 16.7 Å². The summed E-state index contributed by atoms with van der Waals surface area (Å²) in [6.07, 6.45) is 4.42. The van der Waals surface area contributed by atoms with E-state index in [4.69, 9.17) is 10.5 Å². The zero-order chi connectivity index (χ0) is 24.5. The third kappa shape index (κ3) is 4.53. The number of benzene rings is 1. The second-order valence-corrected chi connectivity index (χ2v) is 8.50. The first-order valence-corrected chi connectivity index (χ1v) is 11.4. The van der Waals surface area contributed by atoms with Crippen LogP contribution in [0, 0.1) is 6.92 Å². The Morgan fingerprint density at radius 2 is 2.11 bits per heavy atom. The molecule has 1 amide bonds. The second-order valence-electron chi connectivity index (χ2n) is 8.50. The SMILES string of the molecule is CNC(=O)c1nn(C)c2ccc(Nc3nccc(-n4cc(N[C@@H]5CCOC[C@@H]5N)c(C)n4)n3)cc12. The maximum Gasteiger partial charge on any atom is 0.272 e. The van der Waals surface area contributed by atoms with Gasteiger partial charge in [-0.1, -0.05) is 0 Å². The highest BCUT2D eigenvalue weighted by Crippen LogP contribution is 2.25. The fourth-order valence-corrected chi connectivity index (χ4v) is 4.15. The van der Waals surface area contributed by atoms with Crippen molar-refractivity contribution in [2.75, 3.05) is 30.9 Å². The number of fused-ring (bicyclic) bond motifs is 1. The van der Waals surface area contributed by atoms with Gasteiger partial charge in [-0.05, 0) is 31.5 Å². The van der Waals surface area contributed by atoms with Crippen molar-refractivity contribution >= 4 is 34.1 Å². The van der Waals surface area contributed by atoms with E-state index < -0.39 is 0 Å². The van der Waals surface area contributed by atoms with Gasteiger partial charge in [0, 0.05) is 56.1 Å². The van der Waals surface area contributed by atoms with Gasteiger partial charge in [0.05, 0.1) is 29.7 Å². The third-order valence-corrected chi connectivity index (χ3v) is 6.06. The number of amides is 1. The quantitative estimate of drug-likeness (QED) is 0.324. The van der Waals surface area contributed by atoms with Crippen LogP contribution in [0.4, 0.5) is 17.3 Å². The number of carbonyl (C=O) groups excluding carboxylic acids is 1. The molecule has 35 heavy (non-hydrogen) atoms. The van der Waals surface area contributed by atoms with Crippen LogP contribution in [-0.4, -0.2) is 67.8 Å². The Labute approximate surface area is 201 Å². The van der Waals surface area contributed by atoms with E-state index in [1.807, 2.05) is 31.3 Å². The third-order valence-electron chi connectivity index (χ3n) is 6.06. The van der Waals surface area contributed by atoms with E-state index in [1.165, 1.54) is 0 Å². The van der Waals surface area contributed by atoms with Crippen LogP contribution in [-0.2, 0) is 11.8 Å². The maximum absolute atomic E-state index is 12.2. The van der Waals surface area contributed by atoms with E-state index in [1.54, 1.807) is 35.7 Å². The molecule has 12 nitrogen and oxygen atoms in total. The number of anilines is 3. The van der Waals surface area contributed by atoms with Crippen LogP contribution in [0.15, 0.2) is 36.7 Å². The summed E-state index contributed by atoms with van der Waals surface area (Å²) < 4.78 is 8.82. The molecule has 4 heterocycles. The molecule has 182 valence electrons. The lowest BCUT2D eigenvalue weighted by Crippen LogP contribution is -2.47. The van der Waals surface area contributed by atoms with Gasteiger partial charge in [0.25, 0.3) is 5.91 Å². The summed E-state index contributed by atoms with van der Waals surface area (Å²) in [5.41, 5.74) is 9.89. The highest BCUT2D eigenvalue weighted by molar-refractivity contribution is 6.05. The average molecular weight is 477 g/mol. The monoisotopic (exact) mass is 476 g/mol. The van der Waals surface area contributed by atoms with Gasteiger partial charge in [-0.2, -0.15) is 15.2 Å². The summed E-state index contributed by atoms with van der Waals surface area (Å²) in [6, 6.07) is 7.50. The number of ether oxygens (including phenoxy) is 1. The summed E-state index contributed by atoms with van der Waals surface area (Å²) in [4.78, 5) is 21.2. The van der Waals surface area contributed by atoms with Gasteiger partial charge in [0.1, 0.15) is 0 Å². The minimum absolute atomic E-state index is 0.0672. The molecule has 5 N–H and O–H groups in total. The fraction of sp³-hybridized carbons (Fsp3) is 0.348. The lowest BCUT2D eigenvalue weighted by Gasteiger charge is -2.29. The Morgan fingerprint density at radius 1 is 1.26 bits per heavy atom. The van der Waals surface area contributed by atoms with E-state index in [9.17, 15) is 4.79 Å². The van der Waals surface area contributed by atoms with E-state index in [2.05, 4.69) is 36.1 Å². The molecule has 0 saturated carbocycles. The second kappa shape index (κ2) is 9.31. The minimum atomic E-state index is -0.244. The molecular weight excluding hydrogens is 448 g/mol. The molecule has 0 radical (unpaired) electrons. The zero-order valence-corrected chi connectivity index (χ0v) is 19.8. The molecule has 12 heteroatoms. The van der Waals surface area contributed by atoms with Gasteiger partial charge < -0.3 is 26.4 Å². The van der Waals surface area contributed by atoms with Crippen molar-refractivity contribution in [3.63, 3.8) is 0 Å². The Balaban J connectivity index is 1.38. The van der Waals surface area contributed by atoms with Crippen LogP contribution in [0.5, 0.6) is 0 Å². The molecule has 3 aromatic heterocycles. The molecule has 0 spiro atoms. The molecule has 1 aromatic carbocycles. The van der Waals surface area contributed by atoms with Crippen molar-refractivity contribution in [1.29, 1.82) is 0 Å². The van der Waals surface area contributed by atoms with Crippen LogP contribution in [0.3, 0.4) is 0 Å². The highest BCUT2D eigenvalue weighted by Gasteiger charge is 2.23. The van der Waals surface area contributed by atoms with Gasteiger partial charge in [0.15, 0.2) is 11.5 Å². The molecule has 1 aliphatic heterocycles. The normalized spacial score (nSPS) is 17.9. The number of aryl methyl sites for hydroxylation is 2. The fourth-order valence-electron chi connectivity index (χ4n) is 4.15. The van der Waals surface area contributed by atoms with Crippen LogP contribution >= 0.6 is 0 Å². The Morgan fingerprint density at radius 3 is 2.91 bits per heavy atom. The van der Waals surface area contributed by atoms with Gasteiger partial charge in [-0.3, -0.25) is 9.48 Å². The molecule has 2 atom stereocenters. The predicted octanol–water partition coefficient (Wildman–Crippen LogP) is 1.49. The number of nitrogens with one attached hydrogen (secondary N) is 3. The first kappa shape index (κ1) is 22.7. The molecule has 5 rings (SSSR count). The molecule has 0 bridgehead atoms. The van der Waals surface area contributed by atoms with E-state index >= 15 is 0 Å². The predicted molar refractivity (Wildman–Crippen MR) is 132 cm³/mol. The Hall–Kier alpha value is -4.03. The van der Waals surface area contributed by atoms with E-state index in [0.717, 1.165) is 34.4 Å². The summed E-state index contributed by atoms with van der Waals surface area (Å²) >= 11 is 0. The largest absolute Gasteiger partial charge is 0.380 e. The lowest BCUT2D eigenvalue weighted by molar-refractivity contribution is 0.0752. The zero-order valence-electron chi connectivity index (χ0n) is 19.8. The number of hydrogen-bond acceptors (Lipinski definition) is 9. The van der Waals surface area contributed by atoms with Gasteiger partial charge in [-0.25, -0.2) is 9.67 Å². The minimum Gasteiger partial charge on any atom is -0.380 e. The van der Waals surface area contributed by atoms with Crippen molar-refractivity contribution in [3.8, 4) is 5.82 Å². The Kier molecular flexibility index (Phi) is 6.05.